The molecule has 0 saturated heterocycles. The quantitative estimate of drug-likeness (QED) is 0.725. The lowest BCUT2D eigenvalue weighted by atomic mass is 10.1. The average molecular weight is 215 g/mol. The van der Waals surface area contributed by atoms with Crippen molar-refractivity contribution in [3.05, 3.63) is 29.1 Å². The van der Waals surface area contributed by atoms with Crippen molar-refractivity contribution < 1.29 is 22.7 Å². The van der Waals surface area contributed by atoms with Crippen molar-refractivity contribution in [3.63, 3.8) is 0 Å². The molecule has 0 unspecified atom stereocenters. The van der Waals surface area contributed by atoms with Gasteiger partial charge in [-0.1, -0.05) is 0 Å². The Morgan fingerprint density at radius 3 is 2.60 bits per heavy atom. The van der Waals surface area contributed by atoms with E-state index >= 15 is 0 Å². The second kappa shape index (κ2) is 4.46. The number of nitrogens with zero attached hydrogens (tertiary/aromatic N) is 1. The van der Waals surface area contributed by atoms with Gasteiger partial charge in [0.1, 0.15) is 17.4 Å². The molecule has 0 radical (unpaired) electrons. The lowest BCUT2D eigenvalue weighted by molar-refractivity contribution is -0.0502. The molecule has 6 heteroatoms. The lowest BCUT2D eigenvalue weighted by Crippen LogP contribution is -2.05. The predicted octanol–water partition coefficient (Wildman–Crippen LogP) is 2.11. The Hall–Kier alpha value is -2.03. The first-order valence-corrected chi connectivity index (χ1v) is 3.72. The van der Waals surface area contributed by atoms with Crippen LogP contribution < -0.4 is 4.74 Å². The molecule has 1 aromatic rings. The van der Waals surface area contributed by atoms with Gasteiger partial charge in [0.15, 0.2) is 12.1 Å². The molecule has 0 bridgehead atoms. The Morgan fingerprint density at radius 2 is 2.13 bits per heavy atom. The highest BCUT2D eigenvalue weighted by Crippen LogP contribution is 2.24. The molecule has 0 N–H and O–H groups in total. The van der Waals surface area contributed by atoms with Crippen molar-refractivity contribution in [2.24, 2.45) is 0 Å². The van der Waals surface area contributed by atoms with Crippen molar-refractivity contribution in [2.75, 3.05) is 0 Å². The van der Waals surface area contributed by atoms with Crippen molar-refractivity contribution in [3.8, 4) is 11.8 Å². The van der Waals surface area contributed by atoms with E-state index in [1.165, 1.54) is 6.07 Å². The number of carbonyl (C=O) groups is 1. The lowest BCUT2D eigenvalue weighted by Gasteiger charge is -2.07. The number of hydrogen-bond acceptors (Lipinski definition) is 3. The topological polar surface area (TPSA) is 50.1 Å². The number of rotatable bonds is 3. The molecule has 0 spiro atoms. The number of benzene rings is 1. The molecule has 0 heterocycles. The molecule has 1 rings (SSSR count). The van der Waals surface area contributed by atoms with E-state index in [1.54, 1.807) is 0 Å². The highest BCUT2D eigenvalue weighted by molar-refractivity contribution is 5.77. The third-order valence-electron chi connectivity index (χ3n) is 1.59. The van der Waals surface area contributed by atoms with Crippen LogP contribution in [0, 0.1) is 17.1 Å². The van der Waals surface area contributed by atoms with Crippen LogP contribution in [0.3, 0.4) is 0 Å². The summed E-state index contributed by atoms with van der Waals surface area (Å²) >= 11 is 0. The minimum Gasteiger partial charge on any atom is -0.433 e. The van der Waals surface area contributed by atoms with E-state index in [0.717, 1.165) is 12.1 Å². The summed E-state index contributed by atoms with van der Waals surface area (Å²) in [6.45, 7) is -3.15. The summed E-state index contributed by atoms with van der Waals surface area (Å²) in [6, 6.07) is 3.25. The number of ether oxygens (including phenoxy) is 1. The molecule has 0 fully saturated rings. The molecule has 0 aliphatic heterocycles. The van der Waals surface area contributed by atoms with Crippen LogP contribution in [0.1, 0.15) is 15.9 Å². The third kappa shape index (κ3) is 2.26. The van der Waals surface area contributed by atoms with Gasteiger partial charge in [-0.2, -0.15) is 14.0 Å². The molecular formula is C9H4F3NO2. The third-order valence-corrected chi connectivity index (χ3v) is 1.59. The standard InChI is InChI=1S/C9H4F3NO2/c10-8-5(4-14)1-2-7(6(8)3-13)15-9(11)12/h1-2,4,9H. The van der Waals surface area contributed by atoms with Gasteiger partial charge in [-0.3, -0.25) is 4.79 Å². The van der Waals surface area contributed by atoms with Crippen molar-refractivity contribution >= 4 is 6.29 Å². The van der Waals surface area contributed by atoms with E-state index in [-0.39, 0.29) is 11.8 Å². The molecule has 0 aliphatic rings. The number of hydrogen-bond donors (Lipinski definition) is 0. The Labute approximate surface area is 82.7 Å². The fourth-order valence-corrected chi connectivity index (χ4v) is 0.964. The molecule has 78 valence electrons. The van der Waals surface area contributed by atoms with Crippen LogP contribution in [-0.4, -0.2) is 12.9 Å². The Balaban J connectivity index is 3.26. The number of nitriles is 1. The molecule has 0 amide bonds. The highest BCUT2D eigenvalue weighted by atomic mass is 19.3. The number of alkyl halides is 2. The van der Waals surface area contributed by atoms with E-state index in [0.29, 0.717) is 0 Å². The van der Waals surface area contributed by atoms with Crippen LogP contribution in [0.2, 0.25) is 0 Å². The number of halogens is 3. The normalized spacial score (nSPS) is 9.80. The minimum absolute atomic E-state index is 0.183. The van der Waals surface area contributed by atoms with Gasteiger partial charge in [-0.05, 0) is 12.1 Å². The van der Waals surface area contributed by atoms with Gasteiger partial charge in [0.25, 0.3) is 0 Å². The van der Waals surface area contributed by atoms with Gasteiger partial charge in [0, 0.05) is 0 Å². The second-order valence-corrected chi connectivity index (χ2v) is 2.45. The molecule has 0 aromatic heterocycles. The highest BCUT2D eigenvalue weighted by Gasteiger charge is 2.16. The van der Waals surface area contributed by atoms with E-state index in [4.69, 9.17) is 5.26 Å². The first kappa shape index (κ1) is 11.0. The minimum atomic E-state index is -3.15. The Morgan fingerprint density at radius 1 is 1.47 bits per heavy atom. The van der Waals surface area contributed by atoms with Crippen molar-refractivity contribution in [1.29, 1.82) is 5.26 Å². The summed E-state index contributed by atoms with van der Waals surface area (Å²) < 4.78 is 40.8. The first-order chi connectivity index (χ1) is 7.10. The van der Waals surface area contributed by atoms with Crippen LogP contribution in [0.5, 0.6) is 5.75 Å². The zero-order valence-electron chi connectivity index (χ0n) is 7.21. The molecule has 1 aromatic carbocycles. The predicted molar refractivity (Wildman–Crippen MR) is 43.1 cm³/mol. The summed E-state index contributed by atoms with van der Waals surface area (Å²) in [5.74, 6) is -1.75. The maximum atomic E-state index is 13.2. The molecule has 0 atom stereocenters. The summed E-state index contributed by atoms with van der Waals surface area (Å²) in [4.78, 5) is 10.3. The van der Waals surface area contributed by atoms with Crippen molar-refractivity contribution in [2.45, 2.75) is 6.61 Å². The largest absolute Gasteiger partial charge is 0.433 e. The summed E-state index contributed by atoms with van der Waals surface area (Å²) in [6.07, 6.45) is 0.183. The van der Waals surface area contributed by atoms with Gasteiger partial charge in [-0.15, -0.1) is 0 Å². The maximum absolute atomic E-state index is 13.2. The van der Waals surface area contributed by atoms with Crippen LogP contribution in [0.4, 0.5) is 13.2 Å². The molecule has 0 aliphatic carbocycles. The van der Waals surface area contributed by atoms with Gasteiger partial charge in [0.05, 0.1) is 5.56 Å². The van der Waals surface area contributed by atoms with E-state index in [9.17, 15) is 18.0 Å². The summed E-state index contributed by atoms with van der Waals surface area (Å²) in [5, 5.41) is 8.50. The van der Waals surface area contributed by atoms with Gasteiger partial charge in [-0.25, -0.2) is 4.39 Å². The molecular weight excluding hydrogens is 211 g/mol. The van der Waals surface area contributed by atoms with Crippen LogP contribution in [0.25, 0.3) is 0 Å². The summed E-state index contributed by atoms with van der Waals surface area (Å²) in [7, 11) is 0. The fourth-order valence-electron chi connectivity index (χ4n) is 0.964. The Kier molecular flexibility index (Phi) is 3.29. The molecule has 0 saturated carbocycles. The summed E-state index contributed by atoms with van der Waals surface area (Å²) in [5.41, 5.74) is -1.09. The average Bonchev–Trinajstić information content (AvgIpc) is 2.18. The second-order valence-electron chi connectivity index (χ2n) is 2.45. The number of carbonyl (C=O) groups excluding carboxylic acids is 1. The van der Waals surface area contributed by atoms with E-state index in [1.807, 2.05) is 0 Å². The number of aldehydes is 1. The van der Waals surface area contributed by atoms with E-state index in [2.05, 4.69) is 4.74 Å². The van der Waals surface area contributed by atoms with Gasteiger partial charge >= 0.3 is 6.61 Å². The van der Waals surface area contributed by atoms with Gasteiger partial charge < -0.3 is 4.74 Å². The monoisotopic (exact) mass is 215 g/mol. The molecule has 3 nitrogen and oxygen atoms in total. The zero-order chi connectivity index (χ0) is 11.4. The Bertz CT molecular complexity index is 426. The van der Waals surface area contributed by atoms with E-state index < -0.39 is 23.7 Å². The van der Waals surface area contributed by atoms with Crippen LogP contribution >= 0.6 is 0 Å². The fraction of sp³-hybridized carbons (Fsp3) is 0.111. The van der Waals surface area contributed by atoms with Crippen LogP contribution in [0.15, 0.2) is 12.1 Å². The zero-order valence-corrected chi connectivity index (χ0v) is 7.21. The van der Waals surface area contributed by atoms with Crippen LogP contribution in [-0.2, 0) is 0 Å². The van der Waals surface area contributed by atoms with Gasteiger partial charge in [0.2, 0.25) is 0 Å². The first-order valence-electron chi connectivity index (χ1n) is 3.72. The maximum Gasteiger partial charge on any atom is 0.387 e. The molecule has 15 heavy (non-hydrogen) atoms. The van der Waals surface area contributed by atoms with Crippen molar-refractivity contribution in [1.82, 2.24) is 0 Å². The smallest absolute Gasteiger partial charge is 0.387 e. The SMILES string of the molecule is N#Cc1c(OC(F)F)ccc(C=O)c1F.